The maximum atomic E-state index is 12.6. The molecule has 1 aromatic carbocycles. The highest BCUT2D eigenvalue weighted by Gasteiger charge is 2.25. The van der Waals surface area contributed by atoms with Gasteiger partial charge in [0.05, 0.1) is 5.92 Å². The molecule has 2 atom stereocenters. The first-order valence-corrected chi connectivity index (χ1v) is 9.35. The van der Waals surface area contributed by atoms with E-state index in [2.05, 4.69) is 41.4 Å². The van der Waals surface area contributed by atoms with Crippen LogP contribution in [0, 0.1) is 0 Å². The van der Waals surface area contributed by atoms with Crippen molar-refractivity contribution >= 4 is 5.91 Å². The van der Waals surface area contributed by atoms with Crippen molar-refractivity contribution in [3.05, 3.63) is 35.4 Å². The molecule has 126 valence electrons. The molecule has 0 saturated carbocycles. The monoisotopic (exact) mass is 314 g/mol. The van der Waals surface area contributed by atoms with Gasteiger partial charge in [-0.3, -0.25) is 4.79 Å². The molecule has 1 aliphatic carbocycles. The Kier molecular flexibility index (Phi) is 5.71. The zero-order valence-corrected chi connectivity index (χ0v) is 14.4. The van der Waals surface area contributed by atoms with Crippen LogP contribution < -0.4 is 5.32 Å². The molecule has 3 nitrogen and oxygen atoms in total. The Morgan fingerprint density at radius 1 is 1.22 bits per heavy atom. The molecule has 23 heavy (non-hydrogen) atoms. The predicted molar refractivity (Wildman–Crippen MR) is 94.6 cm³/mol. The molecule has 1 N–H and O–H groups in total. The van der Waals surface area contributed by atoms with Crippen LogP contribution in [0.1, 0.15) is 62.5 Å². The summed E-state index contributed by atoms with van der Waals surface area (Å²) in [7, 11) is 0. The van der Waals surface area contributed by atoms with Crippen molar-refractivity contribution in [2.75, 3.05) is 19.6 Å². The van der Waals surface area contributed by atoms with E-state index in [9.17, 15) is 4.79 Å². The second kappa shape index (κ2) is 7.96. The highest BCUT2D eigenvalue weighted by Crippen LogP contribution is 2.31. The summed E-state index contributed by atoms with van der Waals surface area (Å²) in [6.07, 6.45) is 8.32. The first-order valence-electron chi connectivity index (χ1n) is 9.35. The Morgan fingerprint density at radius 2 is 2.09 bits per heavy atom. The number of hydrogen-bond donors (Lipinski definition) is 1. The number of amides is 1. The minimum Gasteiger partial charge on any atom is -0.356 e. The summed E-state index contributed by atoms with van der Waals surface area (Å²) in [5, 5.41) is 3.18. The normalized spacial score (nSPS) is 24.9. The van der Waals surface area contributed by atoms with Gasteiger partial charge in [0.1, 0.15) is 0 Å². The number of nitrogens with one attached hydrogen (secondary N) is 1. The van der Waals surface area contributed by atoms with E-state index >= 15 is 0 Å². The van der Waals surface area contributed by atoms with Crippen molar-refractivity contribution < 1.29 is 4.79 Å². The lowest BCUT2D eigenvalue weighted by Gasteiger charge is -2.33. The van der Waals surface area contributed by atoms with E-state index in [-0.39, 0.29) is 11.8 Å². The van der Waals surface area contributed by atoms with E-state index in [1.54, 1.807) is 0 Å². The third-order valence-corrected chi connectivity index (χ3v) is 5.55. The molecule has 0 bridgehead atoms. The molecule has 1 amide bonds. The number of piperidine rings is 1. The van der Waals surface area contributed by atoms with Crippen LogP contribution in [0.15, 0.2) is 24.3 Å². The van der Waals surface area contributed by atoms with Crippen LogP contribution >= 0.6 is 0 Å². The number of carbonyl (C=O) groups excluding carboxylic acids is 1. The van der Waals surface area contributed by atoms with Crippen molar-refractivity contribution in [2.24, 2.45) is 0 Å². The number of hydrogen-bond acceptors (Lipinski definition) is 2. The first-order chi connectivity index (χ1) is 11.3. The average molecular weight is 314 g/mol. The molecule has 1 aliphatic heterocycles. The third-order valence-electron chi connectivity index (χ3n) is 5.55. The van der Waals surface area contributed by atoms with Crippen LogP contribution in [0.5, 0.6) is 0 Å². The van der Waals surface area contributed by atoms with Crippen LogP contribution in [0.2, 0.25) is 0 Å². The Balaban J connectivity index is 1.45. The number of likely N-dealkylation sites (tertiary alicyclic amines) is 1. The number of benzene rings is 1. The molecule has 1 saturated heterocycles. The topological polar surface area (TPSA) is 32.3 Å². The molecule has 0 spiro atoms. The fraction of sp³-hybridized carbons (Fsp3) is 0.650. The Hall–Kier alpha value is -1.35. The van der Waals surface area contributed by atoms with Crippen LogP contribution in [0.3, 0.4) is 0 Å². The molecule has 1 fully saturated rings. The summed E-state index contributed by atoms with van der Waals surface area (Å²) in [4.78, 5) is 15.1. The van der Waals surface area contributed by atoms with Gasteiger partial charge < -0.3 is 10.2 Å². The lowest BCUT2D eigenvalue weighted by molar-refractivity contribution is -0.122. The maximum absolute atomic E-state index is 12.6. The summed E-state index contributed by atoms with van der Waals surface area (Å²) in [6.45, 7) is 5.48. The van der Waals surface area contributed by atoms with Gasteiger partial charge in [-0.15, -0.1) is 0 Å². The molecule has 0 aromatic heterocycles. The lowest BCUT2D eigenvalue weighted by atomic mass is 9.82. The van der Waals surface area contributed by atoms with Crippen LogP contribution in [0.4, 0.5) is 0 Å². The van der Waals surface area contributed by atoms with E-state index in [1.165, 1.54) is 36.9 Å². The number of fused-ring (bicyclic) bond motifs is 1. The molecule has 1 heterocycles. The zero-order chi connectivity index (χ0) is 16.1. The highest BCUT2D eigenvalue weighted by molar-refractivity contribution is 5.84. The Bertz CT molecular complexity index is 528. The number of rotatable bonds is 5. The van der Waals surface area contributed by atoms with Gasteiger partial charge in [0.25, 0.3) is 0 Å². The van der Waals surface area contributed by atoms with Gasteiger partial charge in [-0.2, -0.15) is 0 Å². The summed E-state index contributed by atoms with van der Waals surface area (Å²) in [5.74, 6) is 0.290. The molecule has 3 rings (SSSR count). The Morgan fingerprint density at radius 3 is 2.96 bits per heavy atom. The molecular formula is C20H30N2O. The summed E-state index contributed by atoms with van der Waals surface area (Å²) < 4.78 is 0. The third kappa shape index (κ3) is 4.14. The van der Waals surface area contributed by atoms with Crippen molar-refractivity contribution in [1.82, 2.24) is 10.2 Å². The van der Waals surface area contributed by atoms with Gasteiger partial charge in [-0.05, 0) is 63.1 Å². The Labute approximate surface area is 140 Å². The summed E-state index contributed by atoms with van der Waals surface area (Å²) in [6, 6.07) is 9.16. The molecule has 3 heteroatoms. The fourth-order valence-corrected chi connectivity index (χ4v) is 4.13. The molecule has 0 radical (unpaired) electrons. The summed E-state index contributed by atoms with van der Waals surface area (Å²) >= 11 is 0. The molecule has 1 aromatic rings. The van der Waals surface area contributed by atoms with Crippen LogP contribution in [-0.2, 0) is 11.2 Å². The van der Waals surface area contributed by atoms with E-state index in [4.69, 9.17) is 0 Å². The van der Waals surface area contributed by atoms with Crippen molar-refractivity contribution in [3.63, 3.8) is 0 Å². The van der Waals surface area contributed by atoms with Gasteiger partial charge in [0, 0.05) is 19.1 Å². The first kappa shape index (κ1) is 16.5. The SMILES string of the molecule is CC1CCCCN1CCCNC(=O)C1CCCc2ccccc21. The second-order valence-corrected chi connectivity index (χ2v) is 7.17. The minimum absolute atomic E-state index is 0.0638. The highest BCUT2D eigenvalue weighted by atomic mass is 16.1. The smallest absolute Gasteiger partial charge is 0.227 e. The number of nitrogens with zero attached hydrogens (tertiary/aromatic N) is 1. The zero-order valence-electron chi connectivity index (χ0n) is 14.4. The predicted octanol–water partition coefficient (Wildman–Crippen LogP) is 3.49. The van der Waals surface area contributed by atoms with E-state index < -0.39 is 0 Å². The largest absolute Gasteiger partial charge is 0.356 e. The quantitative estimate of drug-likeness (QED) is 0.844. The van der Waals surface area contributed by atoms with Crippen LogP contribution in [0.25, 0.3) is 0 Å². The second-order valence-electron chi connectivity index (χ2n) is 7.17. The maximum Gasteiger partial charge on any atom is 0.227 e. The van der Waals surface area contributed by atoms with Gasteiger partial charge in [-0.1, -0.05) is 30.7 Å². The number of carbonyl (C=O) groups is 1. The van der Waals surface area contributed by atoms with Gasteiger partial charge >= 0.3 is 0 Å². The average Bonchev–Trinajstić information content (AvgIpc) is 2.59. The standard InChI is InChI=1S/C20H30N2O/c1-16-8-4-5-14-22(16)15-7-13-21-20(23)19-12-6-10-17-9-2-3-11-18(17)19/h2-3,9,11,16,19H,4-8,10,12-15H2,1H3,(H,21,23). The van der Waals surface area contributed by atoms with Gasteiger partial charge in [0.15, 0.2) is 0 Å². The van der Waals surface area contributed by atoms with Crippen molar-refractivity contribution in [3.8, 4) is 0 Å². The van der Waals surface area contributed by atoms with Gasteiger partial charge in [-0.25, -0.2) is 0 Å². The summed E-state index contributed by atoms with van der Waals surface area (Å²) in [5.41, 5.74) is 2.61. The fourth-order valence-electron chi connectivity index (χ4n) is 4.13. The van der Waals surface area contributed by atoms with E-state index in [0.29, 0.717) is 6.04 Å². The lowest BCUT2D eigenvalue weighted by Crippen LogP contribution is -2.39. The van der Waals surface area contributed by atoms with Crippen molar-refractivity contribution in [1.29, 1.82) is 0 Å². The van der Waals surface area contributed by atoms with E-state index in [0.717, 1.165) is 38.8 Å². The molecule has 2 aliphatic rings. The molecule has 2 unspecified atom stereocenters. The molecular weight excluding hydrogens is 284 g/mol. The van der Waals surface area contributed by atoms with Crippen LogP contribution in [-0.4, -0.2) is 36.5 Å². The number of aryl methyl sites for hydroxylation is 1. The van der Waals surface area contributed by atoms with Crippen molar-refractivity contribution in [2.45, 2.75) is 63.8 Å². The minimum atomic E-state index is 0.0638. The van der Waals surface area contributed by atoms with Gasteiger partial charge in [0.2, 0.25) is 5.91 Å². The van der Waals surface area contributed by atoms with E-state index in [1.807, 2.05) is 0 Å².